The Hall–Kier alpha value is -2.04. The van der Waals surface area contributed by atoms with E-state index >= 15 is 0 Å². The maximum Gasteiger partial charge on any atom is 0.294 e. The molecule has 0 fully saturated rings. The van der Waals surface area contributed by atoms with E-state index < -0.39 is 16.1 Å². The van der Waals surface area contributed by atoms with Crippen LogP contribution in [-0.4, -0.2) is 24.1 Å². The fourth-order valence-electron chi connectivity index (χ4n) is 1.46. The summed E-state index contributed by atoms with van der Waals surface area (Å²) in [4.78, 5) is 3.52. The Bertz CT molecular complexity index is 702. The summed E-state index contributed by atoms with van der Waals surface area (Å²) in [6, 6.07) is 3.70. The van der Waals surface area contributed by atoms with Crippen LogP contribution in [0.5, 0.6) is 0 Å². The highest BCUT2D eigenvalue weighted by Crippen LogP contribution is 2.23. The van der Waals surface area contributed by atoms with Gasteiger partial charge in [0.2, 0.25) is 5.95 Å². The Labute approximate surface area is 113 Å². The first-order chi connectivity index (χ1) is 9.25. The largest absolute Gasteiger partial charge is 0.294 e. The summed E-state index contributed by atoms with van der Waals surface area (Å²) in [5.41, 5.74) is 4.44. The molecule has 0 saturated heterocycles. The summed E-state index contributed by atoms with van der Waals surface area (Å²) < 4.78 is 56.9. The Kier molecular flexibility index (Phi) is 3.70. The number of aliphatic imine (C=N–C) groups is 1. The molecule has 1 aliphatic rings. The lowest BCUT2D eigenvalue weighted by atomic mass is 10.2. The zero-order valence-corrected chi connectivity index (χ0v) is 10.9. The second-order valence-corrected chi connectivity index (χ2v) is 5.34. The molecule has 1 aliphatic heterocycles. The topological polar surface area (TPSA) is 94.0 Å². The van der Waals surface area contributed by atoms with Gasteiger partial charge in [0.1, 0.15) is 5.84 Å². The van der Waals surface area contributed by atoms with E-state index in [1.54, 1.807) is 12.3 Å². The van der Waals surface area contributed by atoms with Gasteiger partial charge in [0, 0.05) is 11.4 Å². The SMILES string of the molecule is Cc1ccc(S(=O)(=O)O)cc1N=C1C=C(F)NN(F)N1. The number of nitrogens with one attached hydrogen (secondary N) is 2. The van der Waals surface area contributed by atoms with Crippen LogP contribution in [0.4, 0.5) is 14.6 Å². The molecule has 0 radical (unpaired) electrons. The second-order valence-electron chi connectivity index (χ2n) is 3.92. The highest BCUT2D eigenvalue weighted by Gasteiger charge is 2.16. The molecular formula is C10H10F2N4O3S. The highest BCUT2D eigenvalue weighted by molar-refractivity contribution is 7.85. The van der Waals surface area contributed by atoms with Crippen LogP contribution < -0.4 is 10.9 Å². The van der Waals surface area contributed by atoms with Crippen LogP contribution in [-0.2, 0) is 10.1 Å². The molecule has 0 bridgehead atoms. The van der Waals surface area contributed by atoms with Crippen LogP contribution in [0.25, 0.3) is 0 Å². The summed E-state index contributed by atoms with van der Waals surface area (Å²) in [5.74, 6) is -1.16. The van der Waals surface area contributed by atoms with Crippen molar-refractivity contribution in [3.8, 4) is 0 Å². The fraction of sp³-hybridized carbons (Fsp3) is 0.100. The number of hydrogen-bond donors (Lipinski definition) is 3. The van der Waals surface area contributed by atoms with Crippen molar-refractivity contribution in [3.63, 3.8) is 0 Å². The molecule has 7 nitrogen and oxygen atoms in total. The van der Waals surface area contributed by atoms with Crippen LogP contribution in [0.2, 0.25) is 0 Å². The predicted octanol–water partition coefficient (Wildman–Crippen LogP) is 1.29. The van der Waals surface area contributed by atoms with Gasteiger partial charge in [-0.2, -0.15) is 12.8 Å². The number of hydrazine groups is 2. The Morgan fingerprint density at radius 2 is 2.05 bits per heavy atom. The van der Waals surface area contributed by atoms with Gasteiger partial charge < -0.3 is 0 Å². The van der Waals surface area contributed by atoms with Crippen molar-refractivity contribution in [3.05, 3.63) is 35.8 Å². The van der Waals surface area contributed by atoms with E-state index in [2.05, 4.69) is 10.4 Å². The Morgan fingerprint density at radius 3 is 2.65 bits per heavy atom. The Morgan fingerprint density at radius 1 is 1.35 bits per heavy atom. The molecule has 2 rings (SSSR count). The van der Waals surface area contributed by atoms with Crippen molar-refractivity contribution in [2.75, 3.05) is 0 Å². The van der Waals surface area contributed by atoms with Crippen molar-refractivity contribution < 1.29 is 21.8 Å². The molecule has 0 aliphatic carbocycles. The quantitative estimate of drug-likeness (QED) is 0.433. The molecule has 0 amide bonds. The lowest BCUT2D eigenvalue weighted by molar-refractivity contribution is -0.0612. The van der Waals surface area contributed by atoms with E-state index in [0.717, 1.165) is 12.1 Å². The highest BCUT2D eigenvalue weighted by atomic mass is 32.2. The molecule has 0 saturated carbocycles. The van der Waals surface area contributed by atoms with Gasteiger partial charge in [0.25, 0.3) is 10.1 Å². The number of benzene rings is 1. The van der Waals surface area contributed by atoms with Crippen molar-refractivity contribution in [2.24, 2.45) is 4.99 Å². The fourth-order valence-corrected chi connectivity index (χ4v) is 1.96. The number of rotatable bonds is 2. The first-order valence-electron chi connectivity index (χ1n) is 5.29. The van der Waals surface area contributed by atoms with Crippen LogP contribution >= 0.6 is 0 Å². The molecule has 1 aromatic rings. The van der Waals surface area contributed by atoms with E-state index in [-0.39, 0.29) is 21.8 Å². The van der Waals surface area contributed by atoms with E-state index in [4.69, 9.17) is 4.55 Å². The average molecular weight is 304 g/mol. The smallest absolute Gasteiger partial charge is 0.282 e. The third-order valence-corrected chi connectivity index (χ3v) is 3.25. The van der Waals surface area contributed by atoms with Gasteiger partial charge in [0.05, 0.1) is 10.6 Å². The molecule has 108 valence electrons. The van der Waals surface area contributed by atoms with Crippen LogP contribution in [0.1, 0.15) is 5.56 Å². The van der Waals surface area contributed by atoms with E-state index in [1.165, 1.54) is 12.1 Å². The van der Waals surface area contributed by atoms with E-state index in [9.17, 15) is 17.3 Å². The zero-order valence-electron chi connectivity index (χ0n) is 10.1. The number of hydrogen-bond acceptors (Lipinski definition) is 5. The van der Waals surface area contributed by atoms with E-state index in [0.29, 0.717) is 5.56 Å². The maximum absolute atomic E-state index is 13.0. The third kappa shape index (κ3) is 3.29. The molecule has 20 heavy (non-hydrogen) atoms. The minimum absolute atomic E-state index is 0.141. The summed E-state index contributed by atoms with van der Waals surface area (Å²) in [6.45, 7) is 1.63. The number of amidine groups is 1. The van der Waals surface area contributed by atoms with Gasteiger partial charge in [-0.1, -0.05) is 10.5 Å². The standard InChI is InChI=1S/C10H10F2N4O3S/c1-6-2-3-7(20(17,18)19)4-8(6)13-10-5-9(11)14-16(12)15-10/h2-5,14H,1H3,(H,13,15)(H,17,18,19). The number of aryl methyl sites for hydroxylation is 1. The van der Waals surface area contributed by atoms with Crippen LogP contribution in [0.15, 0.2) is 40.1 Å². The third-order valence-electron chi connectivity index (χ3n) is 2.40. The lowest BCUT2D eigenvalue weighted by Crippen LogP contribution is -2.47. The average Bonchev–Trinajstić information content (AvgIpc) is 2.29. The van der Waals surface area contributed by atoms with Gasteiger partial charge in [-0.15, -0.1) is 0 Å². The number of halogens is 2. The summed E-state index contributed by atoms with van der Waals surface area (Å²) in [7, 11) is -4.38. The molecule has 10 heteroatoms. The van der Waals surface area contributed by atoms with Crippen LogP contribution in [0.3, 0.4) is 0 Å². The zero-order chi connectivity index (χ0) is 14.9. The molecule has 0 unspecified atom stereocenters. The Balaban J connectivity index is 2.45. The van der Waals surface area contributed by atoms with Gasteiger partial charge >= 0.3 is 0 Å². The lowest BCUT2D eigenvalue weighted by Gasteiger charge is -2.19. The van der Waals surface area contributed by atoms with Crippen molar-refractivity contribution in [1.29, 1.82) is 0 Å². The van der Waals surface area contributed by atoms with Crippen molar-refractivity contribution in [2.45, 2.75) is 11.8 Å². The van der Waals surface area contributed by atoms with Gasteiger partial charge in [0.15, 0.2) is 0 Å². The second kappa shape index (κ2) is 5.15. The molecule has 1 heterocycles. The summed E-state index contributed by atoms with van der Waals surface area (Å²) in [5, 5.41) is -0.240. The summed E-state index contributed by atoms with van der Waals surface area (Å²) >= 11 is 0. The van der Waals surface area contributed by atoms with Crippen LogP contribution in [0, 0.1) is 6.92 Å². The summed E-state index contributed by atoms with van der Waals surface area (Å²) in [6.07, 6.45) is 0.885. The van der Waals surface area contributed by atoms with Gasteiger partial charge in [-0.05, 0) is 24.6 Å². The van der Waals surface area contributed by atoms with Gasteiger partial charge in [-0.25, -0.2) is 10.4 Å². The minimum Gasteiger partial charge on any atom is -0.282 e. The first-order valence-corrected chi connectivity index (χ1v) is 6.73. The minimum atomic E-state index is -4.38. The molecule has 1 aromatic carbocycles. The monoisotopic (exact) mass is 304 g/mol. The predicted molar refractivity (Wildman–Crippen MR) is 66.5 cm³/mol. The molecular weight excluding hydrogens is 294 g/mol. The molecule has 3 N–H and O–H groups in total. The first kappa shape index (κ1) is 14.4. The number of nitrogens with zero attached hydrogens (tertiary/aromatic N) is 2. The maximum atomic E-state index is 13.0. The molecule has 0 spiro atoms. The van der Waals surface area contributed by atoms with Gasteiger partial charge in [-0.3, -0.25) is 9.98 Å². The van der Waals surface area contributed by atoms with Crippen molar-refractivity contribution >= 4 is 21.6 Å². The normalized spacial score (nSPS) is 18.4. The molecule has 0 aromatic heterocycles. The van der Waals surface area contributed by atoms with E-state index in [1.807, 2.05) is 0 Å². The molecule has 0 atom stereocenters. The van der Waals surface area contributed by atoms with Crippen molar-refractivity contribution in [1.82, 2.24) is 16.2 Å².